The van der Waals surface area contributed by atoms with Gasteiger partial charge >= 0.3 is 0 Å². The molecule has 0 radical (unpaired) electrons. The molecule has 1 aliphatic rings. The molecule has 0 atom stereocenters. The van der Waals surface area contributed by atoms with Crippen molar-refractivity contribution in [2.75, 3.05) is 24.7 Å². The Kier molecular flexibility index (Phi) is 3.91. The van der Waals surface area contributed by atoms with Crippen molar-refractivity contribution in [3.63, 3.8) is 0 Å². The second kappa shape index (κ2) is 5.44. The predicted molar refractivity (Wildman–Crippen MR) is 72.8 cm³/mol. The number of carbonyl (C=O) groups is 2. The molecule has 4 nitrogen and oxygen atoms in total. The summed E-state index contributed by atoms with van der Waals surface area (Å²) < 4.78 is 0. The molecule has 0 spiro atoms. The summed E-state index contributed by atoms with van der Waals surface area (Å²) in [4.78, 5) is 25.2. The Morgan fingerprint density at radius 2 is 2.28 bits per heavy atom. The third kappa shape index (κ3) is 3.04. The molecule has 2 amide bonds. The van der Waals surface area contributed by atoms with Gasteiger partial charge in [0.2, 0.25) is 11.8 Å². The third-order valence-corrected chi connectivity index (χ3v) is 4.02. The van der Waals surface area contributed by atoms with Gasteiger partial charge in [0.1, 0.15) is 0 Å². The van der Waals surface area contributed by atoms with E-state index in [1.165, 1.54) is 0 Å². The highest BCUT2D eigenvalue weighted by atomic mass is 32.2. The minimum absolute atomic E-state index is 0.0468. The number of likely N-dealkylation sites (N-methyl/N-ethyl adjacent to an activating group) is 1. The second-order valence-electron chi connectivity index (χ2n) is 4.36. The van der Waals surface area contributed by atoms with E-state index in [4.69, 9.17) is 0 Å². The van der Waals surface area contributed by atoms with Gasteiger partial charge in [0.15, 0.2) is 0 Å². The van der Waals surface area contributed by atoms with Crippen LogP contribution in [0.3, 0.4) is 0 Å². The van der Waals surface area contributed by atoms with Crippen molar-refractivity contribution in [1.82, 2.24) is 4.90 Å². The van der Waals surface area contributed by atoms with Gasteiger partial charge in [-0.2, -0.15) is 0 Å². The molecule has 0 aromatic heterocycles. The largest absolute Gasteiger partial charge is 0.346 e. The maximum absolute atomic E-state index is 11.3. The van der Waals surface area contributed by atoms with Crippen LogP contribution in [0.25, 0.3) is 0 Å². The number of rotatable bonds is 3. The molecule has 18 heavy (non-hydrogen) atoms. The van der Waals surface area contributed by atoms with Crippen LogP contribution in [0.1, 0.15) is 12.5 Å². The number of amides is 2. The van der Waals surface area contributed by atoms with E-state index < -0.39 is 0 Å². The molecule has 0 unspecified atom stereocenters. The fourth-order valence-corrected chi connectivity index (χ4v) is 2.53. The molecule has 0 saturated heterocycles. The molecule has 0 aliphatic carbocycles. The summed E-state index contributed by atoms with van der Waals surface area (Å²) in [6, 6.07) is 6.08. The molecule has 0 bridgehead atoms. The zero-order chi connectivity index (χ0) is 13.1. The lowest BCUT2D eigenvalue weighted by atomic mass is 10.1. The molecule has 1 aliphatic heterocycles. The van der Waals surface area contributed by atoms with Gasteiger partial charge in [0.25, 0.3) is 0 Å². The molecule has 1 aromatic rings. The van der Waals surface area contributed by atoms with E-state index in [0.29, 0.717) is 12.3 Å². The quantitative estimate of drug-likeness (QED) is 0.905. The Bertz CT molecular complexity index is 488. The molecule has 0 saturated carbocycles. The smallest absolute Gasteiger partial charge is 0.234 e. The Labute approximate surface area is 111 Å². The molecule has 1 aromatic carbocycles. The van der Waals surface area contributed by atoms with Crippen LogP contribution in [0.5, 0.6) is 0 Å². The first-order chi connectivity index (χ1) is 8.56. The predicted octanol–water partition coefficient (Wildman–Crippen LogP) is 1.75. The fourth-order valence-electron chi connectivity index (χ4n) is 1.74. The number of hydrogen-bond donors (Lipinski definition) is 1. The van der Waals surface area contributed by atoms with Crippen LogP contribution in [0.4, 0.5) is 5.69 Å². The van der Waals surface area contributed by atoms with E-state index in [1.54, 1.807) is 30.6 Å². The van der Waals surface area contributed by atoms with E-state index in [-0.39, 0.29) is 11.8 Å². The first-order valence-electron chi connectivity index (χ1n) is 5.83. The Balaban J connectivity index is 2.04. The number of carbonyl (C=O) groups excluding carboxylic acids is 2. The first kappa shape index (κ1) is 13.0. The van der Waals surface area contributed by atoms with Crippen molar-refractivity contribution in [2.45, 2.75) is 18.2 Å². The average Bonchev–Trinajstić information content (AvgIpc) is 2.35. The molecule has 2 rings (SSSR count). The Hall–Kier alpha value is -1.49. The molecule has 5 heteroatoms. The zero-order valence-corrected chi connectivity index (χ0v) is 11.3. The molecule has 1 heterocycles. The number of anilines is 1. The fraction of sp³-hybridized carbons (Fsp3) is 0.385. The zero-order valence-electron chi connectivity index (χ0n) is 10.5. The lowest BCUT2D eigenvalue weighted by molar-refractivity contribution is -0.127. The van der Waals surface area contributed by atoms with Gasteiger partial charge in [0.05, 0.1) is 11.4 Å². The molecule has 96 valence electrons. The van der Waals surface area contributed by atoms with E-state index in [9.17, 15) is 9.59 Å². The first-order valence-corrected chi connectivity index (χ1v) is 6.82. The summed E-state index contributed by atoms with van der Waals surface area (Å²) in [5.41, 5.74) is 2.02. The number of benzene rings is 1. The van der Waals surface area contributed by atoms with Crippen LogP contribution in [-0.2, 0) is 16.0 Å². The highest BCUT2D eigenvalue weighted by Crippen LogP contribution is 2.32. The summed E-state index contributed by atoms with van der Waals surface area (Å²) in [5.74, 6) is 0.599. The van der Waals surface area contributed by atoms with E-state index in [0.717, 1.165) is 22.6 Å². The number of thioether (sulfide) groups is 1. The van der Waals surface area contributed by atoms with Crippen molar-refractivity contribution in [2.24, 2.45) is 0 Å². The number of hydrogen-bond acceptors (Lipinski definition) is 3. The Morgan fingerprint density at radius 1 is 1.50 bits per heavy atom. The SMILES string of the molecule is CC(=O)N(C)CCc1ccc2c(c1)NC(=O)CS2. The summed E-state index contributed by atoms with van der Waals surface area (Å²) in [7, 11) is 1.79. The van der Waals surface area contributed by atoms with Gasteiger partial charge in [-0.25, -0.2) is 0 Å². The minimum Gasteiger partial charge on any atom is -0.346 e. The second-order valence-corrected chi connectivity index (χ2v) is 5.38. The van der Waals surface area contributed by atoms with Gasteiger partial charge in [-0.05, 0) is 24.1 Å². The van der Waals surface area contributed by atoms with Crippen molar-refractivity contribution in [3.8, 4) is 0 Å². The monoisotopic (exact) mass is 264 g/mol. The van der Waals surface area contributed by atoms with Gasteiger partial charge < -0.3 is 10.2 Å². The third-order valence-electron chi connectivity index (χ3n) is 2.95. The van der Waals surface area contributed by atoms with Gasteiger partial charge in [-0.15, -0.1) is 11.8 Å². The Morgan fingerprint density at radius 3 is 3.00 bits per heavy atom. The topological polar surface area (TPSA) is 49.4 Å². The van der Waals surface area contributed by atoms with Crippen LogP contribution in [0, 0.1) is 0 Å². The van der Waals surface area contributed by atoms with Gasteiger partial charge in [-0.1, -0.05) is 6.07 Å². The van der Waals surface area contributed by atoms with Crippen LogP contribution >= 0.6 is 11.8 Å². The van der Waals surface area contributed by atoms with Crippen LogP contribution in [-0.4, -0.2) is 36.1 Å². The van der Waals surface area contributed by atoms with E-state index in [1.807, 2.05) is 12.1 Å². The highest BCUT2D eigenvalue weighted by molar-refractivity contribution is 8.00. The summed E-state index contributed by atoms with van der Waals surface area (Å²) >= 11 is 1.56. The summed E-state index contributed by atoms with van der Waals surface area (Å²) in [6.07, 6.45) is 0.796. The van der Waals surface area contributed by atoms with Crippen molar-refractivity contribution >= 4 is 29.3 Å². The number of fused-ring (bicyclic) bond motifs is 1. The molecular formula is C13H16N2O2S. The lowest BCUT2D eigenvalue weighted by Gasteiger charge is -2.18. The summed E-state index contributed by atoms with van der Waals surface area (Å²) in [6.45, 7) is 2.25. The summed E-state index contributed by atoms with van der Waals surface area (Å²) in [5, 5.41) is 2.87. The highest BCUT2D eigenvalue weighted by Gasteiger charge is 2.15. The van der Waals surface area contributed by atoms with Crippen molar-refractivity contribution in [3.05, 3.63) is 23.8 Å². The maximum Gasteiger partial charge on any atom is 0.234 e. The van der Waals surface area contributed by atoms with Crippen LogP contribution in [0.15, 0.2) is 23.1 Å². The van der Waals surface area contributed by atoms with Crippen molar-refractivity contribution in [1.29, 1.82) is 0 Å². The molecular weight excluding hydrogens is 248 g/mol. The van der Waals surface area contributed by atoms with Crippen LogP contribution in [0.2, 0.25) is 0 Å². The number of nitrogens with one attached hydrogen (secondary N) is 1. The maximum atomic E-state index is 11.3. The molecule has 1 N–H and O–H groups in total. The normalized spacial score (nSPS) is 13.8. The lowest BCUT2D eigenvalue weighted by Crippen LogP contribution is -2.26. The average molecular weight is 264 g/mol. The van der Waals surface area contributed by atoms with Crippen molar-refractivity contribution < 1.29 is 9.59 Å². The van der Waals surface area contributed by atoms with E-state index in [2.05, 4.69) is 11.4 Å². The molecule has 0 fully saturated rings. The number of nitrogens with zero attached hydrogens (tertiary/aromatic N) is 1. The standard InChI is InChI=1S/C13H16N2O2S/c1-9(16)15(2)6-5-10-3-4-12-11(7-10)14-13(17)8-18-12/h3-4,7H,5-6,8H2,1-2H3,(H,14,17). The van der Waals surface area contributed by atoms with Crippen LogP contribution < -0.4 is 5.32 Å². The van der Waals surface area contributed by atoms with E-state index >= 15 is 0 Å². The van der Waals surface area contributed by atoms with Gasteiger partial charge in [0, 0.05) is 25.4 Å². The minimum atomic E-state index is 0.0468. The van der Waals surface area contributed by atoms with Gasteiger partial charge in [-0.3, -0.25) is 9.59 Å².